The summed E-state index contributed by atoms with van der Waals surface area (Å²) in [4.78, 5) is 8.09. The SMILES string of the molecule is CCCCCOC1(NC(N)=S)C=NC=NC1OC. The minimum Gasteiger partial charge on any atom is -0.376 e. The molecule has 2 atom stereocenters. The zero-order chi connectivity index (χ0) is 13.4. The average molecular weight is 272 g/mol. The molecule has 0 fully saturated rings. The zero-order valence-corrected chi connectivity index (χ0v) is 11.6. The molecule has 1 rings (SSSR count). The van der Waals surface area contributed by atoms with Crippen LogP contribution in [0, 0.1) is 0 Å². The Morgan fingerprint density at radius 2 is 2.33 bits per heavy atom. The second-order valence-corrected chi connectivity index (χ2v) is 4.41. The Hall–Kier alpha value is -1.05. The third kappa shape index (κ3) is 4.01. The summed E-state index contributed by atoms with van der Waals surface area (Å²) >= 11 is 4.87. The Labute approximate surface area is 113 Å². The first kappa shape index (κ1) is 15.0. The standard InChI is InChI=1S/C11H20N4O2S/c1-3-4-5-6-17-11(15-10(12)18)7-13-8-14-9(11)16-2/h7-9H,3-6H2,1-2H3,(H3,12,15,18). The molecular formula is C11H20N4O2S. The monoisotopic (exact) mass is 272 g/mol. The largest absolute Gasteiger partial charge is 0.376 e. The van der Waals surface area contributed by atoms with Gasteiger partial charge in [0.25, 0.3) is 0 Å². The van der Waals surface area contributed by atoms with Gasteiger partial charge in [-0.3, -0.25) is 0 Å². The van der Waals surface area contributed by atoms with Crippen molar-refractivity contribution >= 4 is 29.9 Å². The fourth-order valence-electron chi connectivity index (χ4n) is 1.68. The van der Waals surface area contributed by atoms with Crippen LogP contribution in [0.2, 0.25) is 0 Å². The number of hydrogen-bond acceptors (Lipinski definition) is 5. The minimum absolute atomic E-state index is 0.121. The number of nitrogens with two attached hydrogens (primary N) is 1. The molecule has 1 aliphatic rings. The van der Waals surface area contributed by atoms with Gasteiger partial charge in [0.1, 0.15) is 6.34 Å². The second-order valence-electron chi connectivity index (χ2n) is 3.97. The van der Waals surface area contributed by atoms with E-state index in [0.717, 1.165) is 19.3 Å². The number of nitrogens with zero attached hydrogens (tertiary/aromatic N) is 2. The number of rotatable bonds is 7. The predicted octanol–water partition coefficient (Wildman–Crippen LogP) is 0.808. The van der Waals surface area contributed by atoms with Gasteiger partial charge in [0.15, 0.2) is 5.11 Å². The van der Waals surface area contributed by atoms with Crippen molar-refractivity contribution in [3.05, 3.63) is 0 Å². The highest BCUT2D eigenvalue weighted by atomic mass is 32.1. The van der Waals surface area contributed by atoms with Gasteiger partial charge in [0, 0.05) is 7.11 Å². The number of nitrogens with one attached hydrogen (secondary N) is 1. The molecule has 0 saturated heterocycles. The van der Waals surface area contributed by atoms with Crippen LogP contribution in [0.4, 0.5) is 0 Å². The predicted molar refractivity (Wildman–Crippen MR) is 75.9 cm³/mol. The fraction of sp³-hybridized carbons (Fsp3) is 0.727. The molecule has 3 N–H and O–H groups in total. The third-order valence-electron chi connectivity index (χ3n) is 2.53. The number of unbranched alkanes of at least 4 members (excludes halogenated alkanes) is 2. The van der Waals surface area contributed by atoms with E-state index >= 15 is 0 Å². The van der Waals surface area contributed by atoms with E-state index in [9.17, 15) is 0 Å². The maximum atomic E-state index is 5.82. The van der Waals surface area contributed by atoms with Crippen molar-refractivity contribution in [1.82, 2.24) is 5.32 Å². The Bertz CT molecular complexity index is 335. The van der Waals surface area contributed by atoms with Crippen LogP contribution in [-0.2, 0) is 9.47 Å². The summed E-state index contributed by atoms with van der Waals surface area (Å²) in [5, 5.41) is 2.99. The molecule has 0 aromatic rings. The number of aliphatic imine (C=N–C) groups is 2. The van der Waals surface area contributed by atoms with Gasteiger partial charge in [0.2, 0.25) is 12.0 Å². The molecule has 7 heteroatoms. The maximum Gasteiger partial charge on any atom is 0.224 e. The molecule has 0 bridgehead atoms. The molecule has 0 aromatic carbocycles. The molecule has 1 heterocycles. The summed E-state index contributed by atoms with van der Waals surface area (Å²) < 4.78 is 11.1. The van der Waals surface area contributed by atoms with Gasteiger partial charge >= 0.3 is 0 Å². The van der Waals surface area contributed by atoms with Gasteiger partial charge in [-0.05, 0) is 18.6 Å². The number of ether oxygens (including phenoxy) is 2. The van der Waals surface area contributed by atoms with Crippen LogP contribution in [-0.4, -0.2) is 43.3 Å². The Balaban J connectivity index is 2.71. The van der Waals surface area contributed by atoms with Crippen molar-refractivity contribution in [1.29, 1.82) is 0 Å². The van der Waals surface area contributed by atoms with Crippen molar-refractivity contribution in [3.63, 3.8) is 0 Å². The topological polar surface area (TPSA) is 81.2 Å². The highest BCUT2D eigenvalue weighted by Gasteiger charge is 2.41. The lowest BCUT2D eigenvalue weighted by Crippen LogP contribution is -2.62. The van der Waals surface area contributed by atoms with Crippen molar-refractivity contribution < 1.29 is 9.47 Å². The van der Waals surface area contributed by atoms with Crippen molar-refractivity contribution in [3.8, 4) is 0 Å². The van der Waals surface area contributed by atoms with Crippen molar-refractivity contribution in [2.45, 2.75) is 38.1 Å². The van der Waals surface area contributed by atoms with E-state index < -0.39 is 12.0 Å². The highest BCUT2D eigenvalue weighted by molar-refractivity contribution is 7.80. The first-order valence-corrected chi connectivity index (χ1v) is 6.36. The average Bonchev–Trinajstić information content (AvgIpc) is 2.34. The summed E-state index contributed by atoms with van der Waals surface area (Å²) in [7, 11) is 1.55. The lowest BCUT2D eigenvalue weighted by Gasteiger charge is -2.36. The van der Waals surface area contributed by atoms with Gasteiger partial charge in [-0.15, -0.1) is 0 Å². The number of methoxy groups -OCH3 is 1. The van der Waals surface area contributed by atoms with E-state index in [-0.39, 0.29) is 5.11 Å². The van der Waals surface area contributed by atoms with Crippen molar-refractivity contribution in [2.75, 3.05) is 13.7 Å². The van der Waals surface area contributed by atoms with Gasteiger partial charge < -0.3 is 20.5 Å². The normalized spacial score (nSPS) is 26.2. The van der Waals surface area contributed by atoms with Crippen LogP contribution in [0.5, 0.6) is 0 Å². The quantitative estimate of drug-likeness (QED) is 0.407. The van der Waals surface area contributed by atoms with E-state index in [1.165, 1.54) is 6.34 Å². The molecular weight excluding hydrogens is 252 g/mol. The molecule has 0 radical (unpaired) electrons. The second kappa shape index (κ2) is 7.40. The highest BCUT2D eigenvalue weighted by Crippen LogP contribution is 2.18. The van der Waals surface area contributed by atoms with Gasteiger partial charge in [-0.1, -0.05) is 19.8 Å². The summed E-state index contributed by atoms with van der Waals surface area (Å²) in [6.45, 7) is 2.69. The number of hydrogen-bond donors (Lipinski definition) is 2. The Morgan fingerprint density at radius 3 is 2.94 bits per heavy atom. The van der Waals surface area contributed by atoms with E-state index in [4.69, 9.17) is 27.4 Å². The van der Waals surface area contributed by atoms with E-state index in [2.05, 4.69) is 22.2 Å². The van der Waals surface area contributed by atoms with Gasteiger partial charge in [-0.2, -0.15) is 0 Å². The van der Waals surface area contributed by atoms with Gasteiger partial charge in [-0.25, -0.2) is 9.98 Å². The fourth-order valence-corrected chi connectivity index (χ4v) is 1.84. The molecule has 2 unspecified atom stereocenters. The minimum atomic E-state index is -1.01. The molecule has 102 valence electrons. The van der Waals surface area contributed by atoms with Crippen LogP contribution in [0.25, 0.3) is 0 Å². The molecule has 0 spiro atoms. The van der Waals surface area contributed by atoms with Crippen LogP contribution in [0.1, 0.15) is 26.2 Å². The van der Waals surface area contributed by atoms with Gasteiger partial charge in [0.05, 0.1) is 12.8 Å². The van der Waals surface area contributed by atoms with Crippen LogP contribution in [0.15, 0.2) is 9.98 Å². The van der Waals surface area contributed by atoms with E-state index in [1.54, 1.807) is 13.3 Å². The molecule has 1 aliphatic heterocycles. The van der Waals surface area contributed by atoms with Crippen LogP contribution in [0.3, 0.4) is 0 Å². The molecule has 0 saturated carbocycles. The lowest BCUT2D eigenvalue weighted by molar-refractivity contribution is -0.0973. The summed E-state index contributed by atoms with van der Waals surface area (Å²) in [5.41, 5.74) is 4.52. The summed E-state index contributed by atoms with van der Waals surface area (Å²) in [6, 6.07) is 0. The molecule has 6 nitrogen and oxygen atoms in total. The molecule has 0 aliphatic carbocycles. The summed E-state index contributed by atoms with van der Waals surface area (Å²) in [5.74, 6) is 0. The smallest absolute Gasteiger partial charge is 0.224 e. The molecule has 0 aromatic heterocycles. The van der Waals surface area contributed by atoms with Crippen molar-refractivity contribution in [2.24, 2.45) is 15.7 Å². The summed E-state index contributed by atoms with van der Waals surface area (Å²) in [6.07, 6.45) is 5.62. The first-order valence-electron chi connectivity index (χ1n) is 5.95. The van der Waals surface area contributed by atoms with E-state index in [0.29, 0.717) is 6.61 Å². The Kier molecular flexibility index (Phi) is 6.17. The maximum absolute atomic E-state index is 5.82. The number of thiocarbonyl (C=S) groups is 1. The lowest BCUT2D eigenvalue weighted by atomic mass is 10.2. The Morgan fingerprint density at radius 1 is 1.56 bits per heavy atom. The van der Waals surface area contributed by atoms with E-state index in [1.807, 2.05) is 0 Å². The first-order chi connectivity index (χ1) is 8.64. The zero-order valence-electron chi connectivity index (χ0n) is 10.8. The van der Waals surface area contributed by atoms with Crippen LogP contribution >= 0.6 is 12.2 Å². The third-order valence-corrected chi connectivity index (χ3v) is 2.63. The molecule has 18 heavy (non-hydrogen) atoms. The van der Waals surface area contributed by atoms with Crippen LogP contribution < -0.4 is 11.1 Å². The molecule has 0 amide bonds.